The van der Waals surface area contributed by atoms with Crippen LogP contribution >= 0.6 is 11.8 Å². The predicted octanol–water partition coefficient (Wildman–Crippen LogP) is 1.66. The van der Waals surface area contributed by atoms with Gasteiger partial charge in [0.2, 0.25) is 0 Å². The lowest BCUT2D eigenvalue weighted by Crippen LogP contribution is -2.55. The van der Waals surface area contributed by atoms with E-state index >= 15 is 0 Å². The monoisotopic (exact) mass is 284 g/mol. The predicted molar refractivity (Wildman–Crippen MR) is 73.2 cm³/mol. The van der Waals surface area contributed by atoms with Crippen LogP contribution < -0.4 is 5.32 Å². The molecule has 1 saturated carbocycles. The van der Waals surface area contributed by atoms with E-state index in [9.17, 15) is 9.90 Å². The minimum atomic E-state index is -0.772. The van der Waals surface area contributed by atoms with Crippen molar-refractivity contribution in [2.45, 2.75) is 55.0 Å². The Morgan fingerprint density at radius 2 is 2.58 bits per heavy atom. The lowest BCUT2D eigenvalue weighted by molar-refractivity contribution is -0.146. The Morgan fingerprint density at radius 1 is 1.74 bits per heavy atom. The van der Waals surface area contributed by atoms with Gasteiger partial charge in [-0.2, -0.15) is 5.10 Å². The van der Waals surface area contributed by atoms with Gasteiger partial charge in [0.05, 0.1) is 0 Å². The van der Waals surface area contributed by atoms with Crippen LogP contribution in [0.5, 0.6) is 0 Å². The molecule has 0 saturated heterocycles. The molecule has 1 aromatic rings. The van der Waals surface area contributed by atoms with Crippen molar-refractivity contribution in [3.63, 3.8) is 0 Å². The lowest BCUT2D eigenvalue weighted by Gasteiger charge is -2.37. The summed E-state index contributed by atoms with van der Waals surface area (Å²) in [7, 11) is 0. The molecule has 0 amide bonds. The number of carboxylic acid groups (broad SMARTS) is 1. The molecule has 3 N–H and O–H groups in total. The largest absolute Gasteiger partial charge is 0.480 e. The van der Waals surface area contributed by atoms with Crippen LogP contribution in [0.15, 0.2) is 11.5 Å². The van der Waals surface area contributed by atoms with Crippen LogP contribution in [0.3, 0.4) is 0 Å². The summed E-state index contributed by atoms with van der Waals surface area (Å²) >= 11 is 1.59. The molecule has 19 heavy (non-hydrogen) atoms. The third-order valence-electron chi connectivity index (χ3n) is 3.50. The van der Waals surface area contributed by atoms with Crippen LogP contribution in [-0.4, -0.2) is 43.6 Å². The van der Waals surface area contributed by atoms with Crippen molar-refractivity contribution in [2.75, 3.05) is 6.54 Å². The average molecular weight is 284 g/mol. The zero-order valence-electron chi connectivity index (χ0n) is 11.1. The number of H-pyrrole nitrogens is 1. The average Bonchev–Trinajstić information content (AvgIpc) is 2.89. The number of thioether (sulfide) groups is 1. The number of carboxylic acids is 1. The standard InChI is InChI=1S/C12H20N4O2S/c1-2-6-14-12(10(17)18)5-3-4-9(7-12)19-11-13-8-15-16-11/h8-9,14H,2-7H2,1H3,(H,17,18)(H,13,15,16). The summed E-state index contributed by atoms with van der Waals surface area (Å²) in [5, 5.41) is 20.5. The zero-order chi connectivity index (χ0) is 13.7. The Balaban J connectivity index is 2.02. The van der Waals surface area contributed by atoms with E-state index in [0.29, 0.717) is 12.8 Å². The van der Waals surface area contributed by atoms with Gasteiger partial charge in [0.15, 0.2) is 5.16 Å². The SMILES string of the molecule is CCCNC1(C(=O)O)CCCC(Sc2ncn[nH]2)C1. The van der Waals surface area contributed by atoms with Crippen molar-refractivity contribution in [3.8, 4) is 0 Å². The fourth-order valence-electron chi connectivity index (χ4n) is 2.53. The van der Waals surface area contributed by atoms with E-state index in [2.05, 4.69) is 20.5 Å². The van der Waals surface area contributed by atoms with Gasteiger partial charge in [-0.3, -0.25) is 9.89 Å². The third-order valence-corrected chi connectivity index (χ3v) is 4.66. The minimum Gasteiger partial charge on any atom is -0.480 e. The minimum absolute atomic E-state index is 0.266. The van der Waals surface area contributed by atoms with Gasteiger partial charge in [-0.05, 0) is 38.6 Å². The Bertz CT molecular complexity index is 412. The molecule has 2 rings (SSSR count). The highest BCUT2D eigenvalue weighted by Crippen LogP contribution is 2.37. The molecular weight excluding hydrogens is 264 g/mol. The highest BCUT2D eigenvalue weighted by atomic mass is 32.2. The van der Waals surface area contributed by atoms with Gasteiger partial charge in [-0.1, -0.05) is 18.7 Å². The van der Waals surface area contributed by atoms with Gasteiger partial charge < -0.3 is 10.4 Å². The summed E-state index contributed by atoms with van der Waals surface area (Å²) in [6.45, 7) is 2.79. The second-order valence-electron chi connectivity index (χ2n) is 4.94. The first-order chi connectivity index (χ1) is 9.16. The molecule has 1 aromatic heterocycles. The molecule has 2 unspecified atom stereocenters. The van der Waals surface area contributed by atoms with Crippen LogP contribution in [0.2, 0.25) is 0 Å². The lowest BCUT2D eigenvalue weighted by atomic mass is 9.81. The molecule has 0 bridgehead atoms. The van der Waals surface area contributed by atoms with E-state index < -0.39 is 11.5 Å². The van der Waals surface area contributed by atoms with Gasteiger partial charge in [-0.25, -0.2) is 4.98 Å². The summed E-state index contributed by atoms with van der Waals surface area (Å²) in [6.07, 6.45) is 5.70. The summed E-state index contributed by atoms with van der Waals surface area (Å²) < 4.78 is 0. The zero-order valence-corrected chi connectivity index (χ0v) is 11.9. The van der Waals surface area contributed by atoms with E-state index in [1.165, 1.54) is 6.33 Å². The second-order valence-corrected chi connectivity index (χ2v) is 6.23. The molecule has 0 spiro atoms. The van der Waals surface area contributed by atoms with Crippen LogP contribution in [0, 0.1) is 0 Å². The molecule has 6 nitrogen and oxygen atoms in total. The summed E-state index contributed by atoms with van der Waals surface area (Å²) in [5.41, 5.74) is -0.772. The van der Waals surface area contributed by atoms with Crippen LogP contribution in [-0.2, 0) is 4.79 Å². The number of aromatic amines is 1. The molecule has 0 radical (unpaired) electrons. The van der Waals surface area contributed by atoms with Crippen molar-refractivity contribution >= 4 is 17.7 Å². The normalized spacial score (nSPS) is 27.3. The molecule has 106 valence electrons. The first-order valence-electron chi connectivity index (χ1n) is 6.67. The molecule has 0 aromatic carbocycles. The van der Waals surface area contributed by atoms with Crippen LogP contribution in [0.1, 0.15) is 39.0 Å². The number of hydrogen-bond acceptors (Lipinski definition) is 5. The van der Waals surface area contributed by atoms with Gasteiger partial charge in [-0.15, -0.1) is 0 Å². The number of nitrogens with one attached hydrogen (secondary N) is 2. The van der Waals surface area contributed by atoms with E-state index in [4.69, 9.17) is 0 Å². The number of hydrogen-bond donors (Lipinski definition) is 3. The van der Waals surface area contributed by atoms with Gasteiger partial charge in [0.25, 0.3) is 0 Å². The first kappa shape index (κ1) is 14.3. The fraction of sp³-hybridized carbons (Fsp3) is 0.750. The molecule has 1 heterocycles. The summed E-state index contributed by atoms with van der Waals surface area (Å²) in [4.78, 5) is 15.7. The Morgan fingerprint density at radius 3 is 3.21 bits per heavy atom. The van der Waals surface area contributed by atoms with Gasteiger partial charge in [0.1, 0.15) is 11.9 Å². The molecule has 7 heteroatoms. The molecule has 1 fully saturated rings. The Kier molecular flexibility index (Phi) is 4.81. The van der Waals surface area contributed by atoms with E-state index in [-0.39, 0.29) is 5.25 Å². The smallest absolute Gasteiger partial charge is 0.323 e. The van der Waals surface area contributed by atoms with E-state index in [1.54, 1.807) is 11.8 Å². The maximum absolute atomic E-state index is 11.6. The fourth-order valence-corrected chi connectivity index (χ4v) is 3.71. The van der Waals surface area contributed by atoms with Crippen molar-refractivity contribution in [1.29, 1.82) is 0 Å². The molecule has 1 aliphatic carbocycles. The number of aromatic nitrogens is 3. The topological polar surface area (TPSA) is 90.9 Å². The maximum Gasteiger partial charge on any atom is 0.323 e. The molecule has 0 aliphatic heterocycles. The van der Waals surface area contributed by atoms with Crippen molar-refractivity contribution in [1.82, 2.24) is 20.5 Å². The first-order valence-corrected chi connectivity index (χ1v) is 7.55. The highest BCUT2D eigenvalue weighted by molar-refractivity contribution is 7.99. The van der Waals surface area contributed by atoms with Gasteiger partial charge >= 0.3 is 5.97 Å². The van der Waals surface area contributed by atoms with Crippen molar-refractivity contribution < 1.29 is 9.90 Å². The van der Waals surface area contributed by atoms with Crippen LogP contribution in [0.4, 0.5) is 0 Å². The number of rotatable bonds is 6. The second kappa shape index (κ2) is 6.38. The molecular formula is C12H20N4O2S. The Hall–Kier alpha value is -1.08. The van der Waals surface area contributed by atoms with Crippen LogP contribution in [0.25, 0.3) is 0 Å². The number of aliphatic carboxylic acids is 1. The summed E-state index contributed by atoms with van der Waals surface area (Å²) in [5.74, 6) is -0.733. The molecule has 2 atom stereocenters. The van der Waals surface area contributed by atoms with Crippen molar-refractivity contribution in [2.24, 2.45) is 0 Å². The van der Waals surface area contributed by atoms with Crippen molar-refractivity contribution in [3.05, 3.63) is 6.33 Å². The quantitative estimate of drug-likeness (QED) is 0.736. The number of carbonyl (C=O) groups is 1. The highest BCUT2D eigenvalue weighted by Gasteiger charge is 2.42. The number of nitrogens with zero attached hydrogens (tertiary/aromatic N) is 2. The third kappa shape index (κ3) is 3.48. The van der Waals surface area contributed by atoms with E-state index in [1.807, 2.05) is 6.92 Å². The summed E-state index contributed by atoms with van der Waals surface area (Å²) in [6, 6.07) is 0. The van der Waals surface area contributed by atoms with E-state index in [0.717, 1.165) is 31.0 Å². The maximum atomic E-state index is 11.6. The Labute approximate surface area is 116 Å². The van der Waals surface area contributed by atoms with Gasteiger partial charge in [0, 0.05) is 5.25 Å². The molecule has 1 aliphatic rings.